The van der Waals surface area contributed by atoms with Crippen LogP contribution in [0, 0.1) is 0 Å². The summed E-state index contributed by atoms with van der Waals surface area (Å²) in [5, 5.41) is 0. The van der Waals surface area contributed by atoms with E-state index in [1.165, 1.54) is 0 Å². The highest BCUT2D eigenvalue weighted by molar-refractivity contribution is 6.40. The normalized spacial score (nSPS) is 6.75. The van der Waals surface area contributed by atoms with Gasteiger partial charge in [0.1, 0.15) is 0 Å². The van der Waals surface area contributed by atoms with Crippen LogP contribution in [0.1, 0.15) is 0 Å². The van der Waals surface area contributed by atoms with Crippen molar-refractivity contribution >= 4 is 14.5 Å². The maximum Gasteiger partial charge on any atom is 0.535 e. The maximum atomic E-state index is 10.3. The van der Waals surface area contributed by atoms with Gasteiger partial charge in [0, 0.05) is 0 Å². The summed E-state index contributed by atoms with van der Waals surface area (Å²) in [7, 11) is -4.33. The Morgan fingerprint density at radius 2 is 0.750 bits per heavy atom. The summed E-state index contributed by atoms with van der Waals surface area (Å²) >= 11 is 0. The molecule has 0 unspecified atom stereocenters. The largest absolute Gasteiger partial charge is 0.535 e. The fourth-order valence-corrected chi connectivity index (χ4v) is 0. The van der Waals surface area contributed by atoms with Gasteiger partial charge in [-0.25, -0.2) is 0 Å². The van der Waals surface area contributed by atoms with Crippen molar-refractivity contribution in [3.05, 3.63) is 0 Å². The molecule has 0 heterocycles. The molecule has 0 atom stereocenters. The molecule has 0 N–H and O–H groups in total. The van der Waals surface area contributed by atoms with Crippen molar-refractivity contribution < 1.29 is 17.3 Å². The van der Waals surface area contributed by atoms with Crippen molar-refractivity contribution in [2.75, 3.05) is 0 Å². The average Bonchev–Trinajstić information content (AvgIpc) is 1.25. The highest BCUT2D eigenvalue weighted by Crippen LogP contribution is 1.76. The van der Waals surface area contributed by atoms with Crippen LogP contribution in [0.15, 0.2) is 0 Å². The molecule has 0 amide bonds. The molecule has 0 aromatic heterocycles. The number of halogens is 4. The molecule has 0 bridgehead atoms. The standard InChI is InChI=1S/2CH3BF2/c2*1-2(3)4/h2*1H3. The molecule has 0 aliphatic carbocycles. The molecule has 0 aromatic rings. The predicted molar refractivity (Wildman–Crippen MR) is 27.7 cm³/mol. The quantitative estimate of drug-likeness (QED) is 0.345. The molecule has 48 valence electrons. The van der Waals surface area contributed by atoms with E-state index in [0.717, 1.165) is 13.6 Å². The van der Waals surface area contributed by atoms with Crippen LogP contribution >= 0.6 is 0 Å². The van der Waals surface area contributed by atoms with E-state index < -0.39 is 14.5 Å². The van der Waals surface area contributed by atoms with Crippen molar-refractivity contribution in [2.45, 2.75) is 13.6 Å². The van der Waals surface area contributed by atoms with E-state index >= 15 is 0 Å². The minimum atomic E-state index is -2.17. The van der Waals surface area contributed by atoms with Crippen molar-refractivity contribution in [3.8, 4) is 0 Å². The Labute approximate surface area is 46.6 Å². The van der Waals surface area contributed by atoms with Gasteiger partial charge < -0.3 is 0 Å². The van der Waals surface area contributed by atoms with Crippen LogP contribution in [0.4, 0.5) is 17.3 Å². The summed E-state index contributed by atoms with van der Waals surface area (Å²) in [5.41, 5.74) is 0. The van der Waals surface area contributed by atoms with Crippen LogP contribution in [0.2, 0.25) is 13.6 Å². The Kier molecular flexibility index (Phi) is 9.22. The van der Waals surface area contributed by atoms with Crippen molar-refractivity contribution in [2.24, 2.45) is 0 Å². The molecule has 0 aliphatic heterocycles. The zero-order valence-electron chi connectivity index (χ0n) is 4.67. The first-order chi connectivity index (χ1) is 3.46. The van der Waals surface area contributed by atoms with Gasteiger partial charge in [0.15, 0.2) is 0 Å². The van der Waals surface area contributed by atoms with Crippen LogP contribution in [-0.2, 0) is 0 Å². The molecule has 6 heteroatoms. The Morgan fingerprint density at radius 3 is 0.750 bits per heavy atom. The Bertz CT molecular complexity index is 27.5. The number of hydrogen-bond donors (Lipinski definition) is 0. The van der Waals surface area contributed by atoms with E-state index in [2.05, 4.69) is 0 Å². The highest BCUT2D eigenvalue weighted by atomic mass is 19.2. The fraction of sp³-hybridized carbons (Fsp3) is 1.00. The molecule has 0 spiro atoms. The van der Waals surface area contributed by atoms with Gasteiger partial charge in [0.2, 0.25) is 0 Å². The van der Waals surface area contributed by atoms with Gasteiger partial charge >= 0.3 is 14.5 Å². The first-order valence-electron chi connectivity index (χ1n) is 2.03. The highest BCUT2D eigenvalue weighted by Gasteiger charge is 1.95. The predicted octanol–water partition coefficient (Wildman–Crippen LogP) is 2.09. The minimum absolute atomic E-state index is 0.833. The van der Waals surface area contributed by atoms with Crippen molar-refractivity contribution in [1.82, 2.24) is 0 Å². The molecular formula is C2H6B2F4. The van der Waals surface area contributed by atoms with Crippen LogP contribution in [0.5, 0.6) is 0 Å². The van der Waals surface area contributed by atoms with Crippen molar-refractivity contribution in [1.29, 1.82) is 0 Å². The fourth-order valence-electron chi connectivity index (χ4n) is 0. The van der Waals surface area contributed by atoms with E-state index in [4.69, 9.17) is 0 Å². The molecule has 0 aliphatic rings. The van der Waals surface area contributed by atoms with Gasteiger partial charge in [0.25, 0.3) is 0 Å². The summed E-state index contributed by atoms with van der Waals surface area (Å²) in [5.74, 6) is 0. The lowest BCUT2D eigenvalue weighted by molar-refractivity contribution is 0.672. The topological polar surface area (TPSA) is 0 Å². The van der Waals surface area contributed by atoms with Gasteiger partial charge in [0.05, 0.1) is 0 Å². The third-order valence-corrected chi connectivity index (χ3v) is 0. The first-order valence-corrected chi connectivity index (χ1v) is 2.03. The minimum Gasteiger partial charge on any atom is -0.287 e. The average molecular weight is 128 g/mol. The molecule has 8 heavy (non-hydrogen) atoms. The SMILES string of the molecule is CB(F)F.CB(F)F. The van der Waals surface area contributed by atoms with Crippen LogP contribution in [0.3, 0.4) is 0 Å². The summed E-state index contributed by atoms with van der Waals surface area (Å²) in [6.07, 6.45) is 0. The summed E-state index contributed by atoms with van der Waals surface area (Å²) in [6.45, 7) is 1.67. The third-order valence-electron chi connectivity index (χ3n) is 0. The summed E-state index contributed by atoms with van der Waals surface area (Å²) < 4.78 is 41.3. The van der Waals surface area contributed by atoms with Crippen LogP contribution < -0.4 is 0 Å². The molecule has 0 fully saturated rings. The number of hydrogen-bond acceptors (Lipinski definition) is 0. The zero-order chi connectivity index (χ0) is 7.15. The van der Waals surface area contributed by atoms with E-state index in [-0.39, 0.29) is 0 Å². The van der Waals surface area contributed by atoms with Gasteiger partial charge in [-0.1, -0.05) is 0 Å². The zero-order valence-corrected chi connectivity index (χ0v) is 4.67. The Balaban J connectivity index is 0. The lowest BCUT2D eigenvalue weighted by Crippen LogP contribution is -1.79. The molecule has 0 nitrogen and oxygen atoms in total. The summed E-state index contributed by atoms with van der Waals surface area (Å²) in [6, 6.07) is 0. The second kappa shape index (κ2) is 6.85. The van der Waals surface area contributed by atoms with E-state index in [1.807, 2.05) is 0 Å². The lowest BCUT2D eigenvalue weighted by Gasteiger charge is -1.61. The van der Waals surface area contributed by atoms with Crippen molar-refractivity contribution in [3.63, 3.8) is 0 Å². The molecule has 0 aromatic carbocycles. The third kappa shape index (κ3) is 6100. The Morgan fingerprint density at radius 1 is 0.750 bits per heavy atom. The monoisotopic (exact) mass is 128 g/mol. The first kappa shape index (κ1) is 10.8. The second-order valence-corrected chi connectivity index (χ2v) is 1.04. The summed E-state index contributed by atoms with van der Waals surface area (Å²) in [4.78, 5) is 0. The van der Waals surface area contributed by atoms with Gasteiger partial charge in [-0.2, -0.15) is 0 Å². The maximum absolute atomic E-state index is 10.3. The molecule has 0 saturated carbocycles. The molecule has 0 rings (SSSR count). The smallest absolute Gasteiger partial charge is 0.287 e. The number of rotatable bonds is 0. The molecule has 0 radical (unpaired) electrons. The lowest BCUT2D eigenvalue weighted by atomic mass is 10.1. The van der Waals surface area contributed by atoms with E-state index in [0.29, 0.717) is 0 Å². The van der Waals surface area contributed by atoms with E-state index in [9.17, 15) is 17.3 Å². The van der Waals surface area contributed by atoms with Gasteiger partial charge in [-0.15, -0.1) is 0 Å². The molecule has 0 saturated heterocycles. The van der Waals surface area contributed by atoms with E-state index in [1.54, 1.807) is 0 Å². The van der Waals surface area contributed by atoms with Crippen LogP contribution in [-0.4, -0.2) is 14.5 Å². The molecular weight excluding hydrogens is 122 g/mol. The van der Waals surface area contributed by atoms with Gasteiger partial charge in [-0.3, -0.25) is 17.3 Å². The van der Waals surface area contributed by atoms with Crippen LogP contribution in [0.25, 0.3) is 0 Å². The van der Waals surface area contributed by atoms with Gasteiger partial charge in [-0.05, 0) is 13.6 Å². The second-order valence-electron chi connectivity index (χ2n) is 1.04. The Hall–Kier alpha value is -0.150.